The van der Waals surface area contributed by atoms with E-state index in [-0.39, 0.29) is 11.9 Å². The molecule has 1 aromatic carbocycles. The van der Waals surface area contributed by atoms with Gasteiger partial charge in [0.15, 0.2) is 0 Å². The normalized spacial score (nSPS) is 15.4. The Morgan fingerprint density at radius 2 is 2.00 bits per heavy atom. The Bertz CT molecular complexity index is 727. The van der Waals surface area contributed by atoms with E-state index in [1.165, 1.54) is 0 Å². The number of amides is 3. The van der Waals surface area contributed by atoms with E-state index in [0.717, 1.165) is 23.9 Å². The van der Waals surface area contributed by atoms with Crippen LogP contribution in [0.3, 0.4) is 0 Å². The van der Waals surface area contributed by atoms with Crippen LogP contribution in [0.25, 0.3) is 11.0 Å². The number of aromatic nitrogens is 2. The summed E-state index contributed by atoms with van der Waals surface area (Å²) in [7, 11) is 0. The molecule has 0 aliphatic carbocycles. The highest BCUT2D eigenvalue weighted by Crippen LogP contribution is 2.15. The lowest BCUT2D eigenvalue weighted by Gasteiger charge is -2.22. The van der Waals surface area contributed by atoms with E-state index < -0.39 is 0 Å². The Labute approximate surface area is 141 Å². The number of rotatable bonds is 3. The number of nitrogens with zero attached hydrogens (tertiary/aromatic N) is 3. The van der Waals surface area contributed by atoms with Gasteiger partial charge in [0.1, 0.15) is 0 Å². The van der Waals surface area contributed by atoms with Crippen LogP contribution in [0.5, 0.6) is 0 Å². The number of fused-ring (bicyclic) bond motifs is 1. The van der Waals surface area contributed by atoms with Gasteiger partial charge in [-0.2, -0.15) is 0 Å². The van der Waals surface area contributed by atoms with Gasteiger partial charge < -0.3 is 20.1 Å². The zero-order chi connectivity index (χ0) is 16.9. The minimum atomic E-state index is -0.0370. The fourth-order valence-corrected chi connectivity index (χ4v) is 2.92. The number of benzene rings is 1. The average molecular weight is 329 g/mol. The van der Waals surface area contributed by atoms with Crippen molar-refractivity contribution in [3.63, 3.8) is 0 Å². The third-order valence-electron chi connectivity index (χ3n) is 4.26. The third-order valence-corrected chi connectivity index (χ3v) is 4.26. The van der Waals surface area contributed by atoms with Crippen LogP contribution in [0.4, 0.5) is 4.79 Å². The maximum Gasteiger partial charge on any atom is 0.317 e. The van der Waals surface area contributed by atoms with Crippen LogP contribution in [-0.2, 0) is 0 Å². The molecule has 1 aromatic heterocycles. The molecule has 0 atom stereocenters. The summed E-state index contributed by atoms with van der Waals surface area (Å²) < 4.78 is 0. The van der Waals surface area contributed by atoms with Gasteiger partial charge in [-0.15, -0.1) is 0 Å². The quantitative estimate of drug-likeness (QED) is 0.901. The molecule has 2 N–H and O–H groups in total. The molecule has 0 radical (unpaired) electrons. The first kappa shape index (κ1) is 16.3. The molecule has 3 amide bonds. The molecule has 128 valence electrons. The summed E-state index contributed by atoms with van der Waals surface area (Å²) in [5.41, 5.74) is 2.35. The number of carbonyl (C=O) groups excluding carboxylic acids is 2. The van der Waals surface area contributed by atoms with Crippen LogP contribution < -0.4 is 5.32 Å². The van der Waals surface area contributed by atoms with E-state index in [1.807, 2.05) is 30.0 Å². The van der Waals surface area contributed by atoms with Gasteiger partial charge in [0.05, 0.1) is 17.4 Å². The van der Waals surface area contributed by atoms with Crippen LogP contribution >= 0.6 is 0 Å². The molecule has 1 aliphatic rings. The van der Waals surface area contributed by atoms with E-state index >= 15 is 0 Å². The van der Waals surface area contributed by atoms with E-state index in [2.05, 4.69) is 15.3 Å². The largest absolute Gasteiger partial charge is 0.345 e. The van der Waals surface area contributed by atoms with Gasteiger partial charge in [0.2, 0.25) is 0 Å². The maximum absolute atomic E-state index is 12.7. The van der Waals surface area contributed by atoms with Gasteiger partial charge >= 0.3 is 6.03 Å². The molecule has 1 fully saturated rings. The zero-order valence-electron chi connectivity index (χ0n) is 13.9. The van der Waals surface area contributed by atoms with Crippen LogP contribution in [0.1, 0.15) is 30.1 Å². The van der Waals surface area contributed by atoms with Gasteiger partial charge in [-0.05, 0) is 31.0 Å². The van der Waals surface area contributed by atoms with Crippen molar-refractivity contribution in [1.82, 2.24) is 25.1 Å². The summed E-state index contributed by atoms with van der Waals surface area (Å²) in [6, 6.07) is 5.45. The second kappa shape index (κ2) is 7.33. The number of carbonyl (C=O) groups is 2. The highest BCUT2D eigenvalue weighted by molar-refractivity contribution is 5.97. The fraction of sp³-hybridized carbons (Fsp3) is 0.471. The molecule has 2 aromatic rings. The number of urea groups is 1. The summed E-state index contributed by atoms with van der Waals surface area (Å²) in [5.74, 6) is 0.00214. The number of hydrogen-bond acceptors (Lipinski definition) is 3. The highest BCUT2D eigenvalue weighted by atomic mass is 16.2. The van der Waals surface area contributed by atoms with Gasteiger partial charge in [-0.25, -0.2) is 9.78 Å². The van der Waals surface area contributed by atoms with Crippen LogP contribution in [-0.4, -0.2) is 64.4 Å². The molecule has 1 aliphatic heterocycles. The van der Waals surface area contributed by atoms with Crippen molar-refractivity contribution in [2.24, 2.45) is 0 Å². The van der Waals surface area contributed by atoms with Crippen LogP contribution in [0.15, 0.2) is 24.5 Å². The van der Waals surface area contributed by atoms with E-state index in [4.69, 9.17) is 0 Å². The van der Waals surface area contributed by atoms with Gasteiger partial charge in [0, 0.05) is 38.3 Å². The van der Waals surface area contributed by atoms with Crippen molar-refractivity contribution in [1.29, 1.82) is 0 Å². The van der Waals surface area contributed by atoms with Gasteiger partial charge in [0.25, 0.3) is 5.91 Å². The van der Waals surface area contributed by atoms with E-state index in [9.17, 15) is 9.59 Å². The van der Waals surface area contributed by atoms with Crippen LogP contribution in [0.2, 0.25) is 0 Å². The Morgan fingerprint density at radius 1 is 1.21 bits per heavy atom. The molecule has 3 rings (SSSR count). The molecule has 0 bridgehead atoms. The molecular weight excluding hydrogens is 306 g/mol. The topological polar surface area (TPSA) is 81.3 Å². The Hall–Kier alpha value is -2.57. The Morgan fingerprint density at radius 3 is 2.83 bits per heavy atom. The summed E-state index contributed by atoms with van der Waals surface area (Å²) in [6.07, 6.45) is 3.33. The SMILES string of the molecule is CCCNC(=O)N1CCCN(C(=O)c2ccc3nc[nH]c3c2)CC1. The Kier molecular flexibility index (Phi) is 4.98. The zero-order valence-corrected chi connectivity index (χ0v) is 13.9. The van der Waals surface area contributed by atoms with Crippen molar-refractivity contribution < 1.29 is 9.59 Å². The average Bonchev–Trinajstić information content (AvgIpc) is 2.93. The molecule has 0 saturated carbocycles. The summed E-state index contributed by atoms with van der Waals surface area (Å²) in [5, 5.41) is 2.90. The number of nitrogens with one attached hydrogen (secondary N) is 2. The molecule has 0 unspecified atom stereocenters. The summed E-state index contributed by atoms with van der Waals surface area (Å²) >= 11 is 0. The smallest absolute Gasteiger partial charge is 0.317 e. The molecule has 7 heteroatoms. The van der Waals surface area contributed by atoms with Crippen molar-refractivity contribution in [2.75, 3.05) is 32.7 Å². The van der Waals surface area contributed by atoms with Crippen molar-refractivity contribution in [3.05, 3.63) is 30.1 Å². The summed E-state index contributed by atoms with van der Waals surface area (Å²) in [6.45, 7) is 5.17. The lowest BCUT2D eigenvalue weighted by Crippen LogP contribution is -2.42. The number of aromatic amines is 1. The first-order valence-electron chi connectivity index (χ1n) is 8.44. The second-order valence-corrected chi connectivity index (χ2v) is 6.00. The summed E-state index contributed by atoms with van der Waals surface area (Å²) in [4.78, 5) is 35.6. The third kappa shape index (κ3) is 3.50. The lowest BCUT2D eigenvalue weighted by molar-refractivity contribution is 0.0762. The standard InChI is InChI=1S/C17H23N5O2/c1-2-6-18-17(24)22-8-3-7-21(9-10-22)16(23)13-4-5-14-15(11-13)20-12-19-14/h4-5,11-12H,2-3,6-10H2,1H3,(H,18,24)(H,19,20). The van der Waals surface area contributed by atoms with Crippen molar-refractivity contribution in [3.8, 4) is 0 Å². The second-order valence-electron chi connectivity index (χ2n) is 6.00. The number of imidazole rings is 1. The molecule has 1 saturated heterocycles. The first-order chi connectivity index (χ1) is 11.7. The number of H-pyrrole nitrogens is 1. The van der Waals surface area contributed by atoms with E-state index in [1.54, 1.807) is 11.2 Å². The fourth-order valence-electron chi connectivity index (χ4n) is 2.92. The molecule has 2 heterocycles. The highest BCUT2D eigenvalue weighted by Gasteiger charge is 2.22. The van der Waals surface area contributed by atoms with Crippen LogP contribution in [0, 0.1) is 0 Å². The Balaban J connectivity index is 1.64. The molecule has 7 nitrogen and oxygen atoms in total. The van der Waals surface area contributed by atoms with Gasteiger partial charge in [-0.1, -0.05) is 6.92 Å². The molecular formula is C17H23N5O2. The van der Waals surface area contributed by atoms with Crippen molar-refractivity contribution in [2.45, 2.75) is 19.8 Å². The molecule has 0 spiro atoms. The predicted molar refractivity (Wildman–Crippen MR) is 91.9 cm³/mol. The predicted octanol–water partition coefficient (Wildman–Crippen LogP) is 1.83. The first-order valence-corrected chi connectivity index (χ1v) is 8.44. The maximum atomic E-state index is 12.7. The minimum Gasteiger partial charge on any atom is -0.345 e. The monoisotopic (exact) mass is 329 g/mol. The lowest BCUT2D eigenvalue weighted by atomic mass is 10.1. The van der Waals surface area contributed by atoms with Gasteiger partial charge in [-0.3, -0.25) is 4.79 Å². The number of hydrogen-bond donors (Lipinski definition) is 2. The molecule has 24 heavy (non-hydrogen) atoms. The minimum absolute atomic E-state index is 0.00214. The van der Waals surface area contributed by atoms with E-state index in [0.29, 0.717) is 38.3 Å². The van der Waals surface area contributed by atoms with Crippen molar-refractivity contribution >= 4 is 23.0 Å².